The number of fused-ring (bicyclic) bond motifs is 8. The van der Waals surface area contributed by atoms with Gasteiger partial charge in [0, 0.05) is 55.4 Å². The van der Waals surface area contributed by atoms with Gasteiger partial charge in [-0.15, -0.1) is 0 Å². The topological polar surface area (TPSA) is 32.8 Å². The number of hydrogen-bond donors (Lipinski definition) is 0. The van der Waals surface area contributed by atoms with E-state index in [0.29, 0.717) is 0 Å². The van der Waals surface area contributed by atoms with Gasteiger partial charge in [0.25, 0.3) is 0 Å². The predicted molar refractivity (Wildman–Crippen MR) is 311 cm³/mol. The van der Waals surface area contributed by atoms with Crippen LogP contribution < -0.4 is 9.80 Å². The summed E-state index contributed by atoms with van der Waals surface area (Å²) in [7, 11) is 0. The Morgan fingerprint density at radius 1 is 0.257 bits per heavy atom. The number of para-hydroxylation sites is 4. The van der Waals surface area contributed by atoms with Gasteiger partial charge in [-0.2, -0.15) is 0 Å². The minimum absolute atomic E-state index is 0.870. The van der Waals surface area contributed by atoms with Crippen molar-refractivity contribution in [2.75, 3.05) is 9.80 Å². The van der Waals surface area contributed by atoms with Crippen LogP contribution in [-0.2, 0) is 0 Å². The van der Waals surface area contributed by atoms with Gasteiger partial charge in [0.15, 0.2) is 0 Å². The van der Waals surface area contributed by atoms with E-state index in [-0.39, 0.29) is 0 Å². The summed E-state index contributed by atoms with van der Waals surface area (Å²) >= 11 is 0. The Hall–Kier alpha value is -9.64. The summed E-state index contributed by atoms with van der Waals surface area (Å²) in [6.45, 7) is 4.47. The molecule has 0 bridgehead atoms. The number of benzene rings is 12. The van der Waals surface area contributed by atoms with Crippen LogP contribution in [0.4, 0.5) is 34.1 Å². The Bertz CT molecular complexity index is 4210. The Labute approximate surface area is 429 Å². The molecule has 74 heavy (non-hydrogen) atoms. The zero-order valence-electron chi connectivity index (χ0n) is 41.0. The zero-order chi connectivity index (χ0) is 49.3. The third-order valence-electron chi connectivity index (χ3n) is 14.9. The molecule has 4 heteroatoms. The smallest absolute Gasteiger partial charge is 0.135 e. The Morgan fingerprint density at radius 3 is 1.09 bits per heavy atom. The third-order valence-corrected chi connectivity index (χ3v) is 14.9. The molecule has 14 aromatic rings. The molecule has 0 aliphatic carbocycles. The third kappa shape index (κ3) is 7.38. The first-order valence-electron chi connectivity index (χ1n) is 25.3. The highest BCUT2D eigenvalue weighted by atomic mass is 16.3. The molecule has 0 aliphatic rings. The zero-order valence-corrected chi connectivity index (χ0v) is 41.0. The number of aryl methyl sites for hydroxylation is 2. The molecule has 0 amide bonds. The molecule has 12 aromatic carbocycles. The lowest BCUT2D eigenvalue weighted by atomic mass is 9.96. The van der Waals surface area contributed by atoms with Crippen molar-refractivity contribution in [3.05, 3.63) is 266 Å². The van der Waals surface area contributed by atoms with Crippen molar-refractivity contribution in [2.45, 2.75) is 13.8 Å². The van der Waals surface area contributed by atoms with E-state index < -0.39 is 0 Å². The van der Waals surface area contributed by atoms with Gasteiger partial charge in [-0.1, -0.05) is 158 Å². The van der Waals surface area contributed by atoms with Gasteiger partial charge < -0.3 is 18.6 Å². The van der Waals surface area contributed by atoms with Gasteiger partial charge in [0.1, 0.15) is 22.3 Å². The maximum atomic E-state index is 6.35. The van der Waals surface area contributed by atoms with Crippen LogP contribution in [0.5, 0.6) is 0 Å². The fourth-order valence-corrected chi connectivity index (χ4v) is 11.2. The van der Waals surface area contributed by atoms with E-state index in [1.54, 1.807) is 0 Å². The molecule has 0 atom stereocenters. The molecule has 350 valence electrons. The lowest BCUT2D eigenvalue weighted by Gasteiger charge is -2.30. The van der Waals surface area contributed by atoms with Crippen molar-refractivity contribution in [2.24, 2.45) is 0 Å². The van der Waals surface area contributed by atoms with Gasteiger partial charge in [-0.3, -0.25) is 0 Å². The van der Waals surface area contributed by atoms with E-state index in [9.17, 15) is 0 Å². The second-order valence-corrected chi connectivity index (χ2v) is 19.4. The number of rotatable bonds is 9. The van der Waals surface area contributed by atoms with Crippen LogP contribution in [0, 0.1) is 13.8 Å². The standard InChI is InChI=1S/C70H48N2O2/c1-45-39-51(31-35-63(45)71(55-33-37-69-61(43-55)59-21-9-13-25-67(59)73-69)65-23-11-7-19-57(65)53-29-27-47-15-3-5-17-49(47)41-53)52-32-36-64(46(2)40-52)72(56-34-38-70-62(44-56)60-22-10-14-26-68(60)74-70)66-24-12-8-20-58(66)54-30-28-48-16-4-6-18-50(48)42-54/h3-44H,1-2H3. The molecule has 4 nitrogen and oxygen atoms in total. The Balaban J connectivity index is 0.895. The molecule has 0 saturated heterocycles. The summed E-state index contributed by atoms with van der Waals surface area (Å²) in [5.74, 6) is 0. The van der Waals surface area contributed by atoms with Crippen molar-refractivity contribution >= 4 is 99.5 Å². The molecule has 14 rings (SSSR count). The minimum atomic E-state index is 0.870. The normalized spacial score (nSPS) is 11.6. The second kappa shape index (κ2) is 17.6. The molecule has 0 N–H and O–H groups in total. The Morgan fingerprint density at radius 2 is 0.635 bits per heavy atom. The van der Waals surface area contributed by atoms with Crippen LogP contribution >= 0.6 is 0 Å². The first kappa shape index (κ1) is 43.2. The van der Waals surface area contributed by atoms with Gasteiger partial charge >= 0.3 is 0 Å². The molecule has 2 aromatic heterocycles. The Kier molecular flexibility index (Phi) is 10.3. The highest BCUT2D eigenvalue weighted by molar-refractivity contribution is 6.08. The molecule has 0 spiro atoms. The highest BCUT2D eigenvalue weighted by Gasteiger charge is 2.23. The lowest BCUT2D eigenvalue weighted by molar-refractivity contribution is 0.668. The number of nitrogens with zero attached hydrogens (tertiary/aromatic N) is 2. The average molecular weight is 949 g/mol. The van der Waals surface area contributed by atoms with E-state index in [1.165, 1.54) is 21.5 Å². The summed E-state index contributed by atoms with van der Waals surface area (Å²) < 4.78 is 12.7. The fourth-order valence-electron chi connectivity index (χ4n) is 11.2. The number of anilines is 6. The predicted octanol–water partition coefficient (Wildman–Crippen LogP) is 20.3. The molecular formula is C70H48N2O2. The van der Waals surface area contributed by atoms with Gasteiger partial charge in [-0.25, -0.2) is 0 Å². The summed E-state index contributed by atoms with van der Waals surface area (Å²) in [5, 5.41) is 9.25. The molecule has 0 saturated carbocycles. The SMILES string of the molecule is Cc1cc(-c2ccc(N(c3ccc4oc5ccccc5c4c3)c3ccccc3-c3ccc4ccccc4c3)c(C)c2)ccc1N(c1ccc2oc3ccccc3c2c1)c1ccccc1-c1ccc2ccccc2c1. The average Bonchev–Trinajstić information content (AvgIpc) is 4.02. The lowest BCUT2D eigenvalue weighted by Crippen LogP contribution is -2.13. The number of hydrogen-bond acceptors (Lipinski definition) is 4. The first-order chi connectivity index (χ1) is 36.5. The highest BCUT2D eigenvalue weighted by Crippen LogP contribution is 2.47. The summed E-state index contributed by atoms with van der Waals surface area (Å²) in [6.07, 6.45) is 0. The minimum Gasteiger partial charge on any atom is -0.456 e. The number of furan rings is 2. The van der Waals surface area contributed by atoms with Crippen LogP contribution in [-0.4, -0.2) is 0 Å². The van der Waals surface area contributed by atoms with E-state index in [2.05, 4.69) is 254 Å². The summed E-state index contributed by atoms with van der Waals surface area (Å²) in [4.78, 5) is 4.84. The summed E-state index contributed by atoms with van der Waals surface area (Å²) in [6, 6.07) is 91.9. The van der Waals surface area contributed by atoms with Crippen molar-refractivity contribution in [3.8, 4) is 33.4 Å². The second-order valence-electron chi connectivity index (χ2n) is 19.4. The first-order valence-corrected chi connectivity index (χ1v) is 25.3. The van der Waals surface area contributed by atoms with Crippen LogP contribution in [0.2, 0.25) is 0 Å². The van der Waals surface area contributed by atoms with Gasteiger partial charge in [0.2, 0.25) is 0 Å². The maximum absolute atomic E-state index is 6.35. The molecular weight excluding hydrogens is 901 g/mol. The fraction of sp³-hybridized carbons (Fsp3) is 0.0286. The van der Waals surface area contributed by atoms with Crippen molar-refractivity contribution in [3.63, 3.8) is 0 Å². The maximum Gasteiger partial charge on any atom is 0.135 e. The van der Waals surface area contributed by atoms with Crippen molar-refractivity contribution in [1.29, 1.82) is 0 Å². The molecule has 2 heterocycles. The van der Waals surface area contributed by atoms with E-state index >= 15 is 0 Å². The van der Waals surface area contributed by atoms with E-state index in [4.69, 9.17) is 8.83 Å². The van der Waals surface area contributed by atoms with Crippen molar-refractivity contribution in [1.82, 2.24) is 0 Å². The largest absolute Gasteiger partial charge is 0.456 e. The van der Waals surface area contributed by atoms with Crippen molar-refractivity contribution < 1.29 is 8.83 Å². The van der Waals surface area contributed by atoms with E-state index in [0.717, 1.165) is 123 Å². The quantitative estimate of drug-likeness (QED) is 0.144. The molecule has 0 aliphatic heterocycles. The van der Waals surface area contributed by atoms with Crippen LogP contribution in [0.3, 0.4) is 0 Å². The van der Waals surface area contributed by atoms with Gasteiger partial charge in [-0.05, 0) is 166 Å². The monoisotopic (exact) mass is 948 g/mol. The van der Waals surface area contributed by atoms with Crippen LogP contribution in [0.25, 0.3) is 98.8 Å². The van der Waals surface area contributed by atoms with E-state index in [1.807, 2.05) is 24.3 Å². The molecule has 0 fully saturated rings. The van der Waals surface area contributed by atoms with Crippen LogP contribution in [0.15, 0.2) is 264 Å². The van der Waals surface area contributed by atoms with Crippen LogP contribution in [0.1, 0.15) is 11.1 Å². The van der Waals surface area contributed by atoms with Gasteiger partial charge in [0.05, 0.1) is 11.4 Å². The molecule has 0 unspecified atom stereocenters. The molecule has 0 radical (unpaired) electrons. The summed E-state index contributed by atoms with van der Waals surface area (Å²) in [5.41, 5.74) is 19.2.